The van der Waals surface area contributed by atoms with Crippen LogP contribution in [0.2, 0.25) is 0 Å². The van der Waals surface area contributed by atoms with Crippen LogP contribution in [0.15, 0.2) is 18.5 Å². The number of aryl methyl sites for hydroxylation is 1. The van der Waals surface area contributed by atoms with E-state index in [1.54, 1.807) is 30.0 Å². The highest BCUT2D eigenvalue weighted by Gasteiger charge is 2.08. The Morgan fingerprint density at radius 2 is 2.46 bits per heavy atom. The number of carbonyl (C=O) groups is 1. The fourth-order valence-corrected chi connectivity index (χ4v) is 0.950. The molecule has 13 heavy (non-hydrogen) atoms. The fourth-order valence-electron chi connectivity index (χ4n) is 0.950. The quantitative estimate of drug-likeness (QED) is 0.721. The van der Waals surface area contributed by atoms with E-state index in [9.17, 15) is 4.79 Å². The average molecular weight is 177 g/mol. The van der Waals surface area contributed by atoms with Gasteiger partial charge in [0.2, 0.25) is 0 Å². The predicted molar refractivity (Wildman–Crippen MR) is 48.0 cm³/mol. The molecule has 1 heterocycles. The number of hydrogen-bond donors (Lipinski definition) is 1. The van der Waals surface area contributed by atoms with Gasteiger partial charge >= 0.3 is 0 Å². The van der Waals surface area contributed by atoms with Crippen LogP contribution in [-0.4, -0.2) is 16.5 Å². The Morgan fingerprint density at radius 3 is 2.92 bits per heavy atom. The van der Waals surface area contributed by atoms with Crippen molar-refractivity contribution in [2.75, 3.05) is 0 Å². The third kappa shape index (κ3) is 2.34. The van der Waals surface area contributed by atoms with Gasteiger partial charge in [-0.05, 0) is 13.0 Å². The molecular formula is C9H11N3O. The van der Waals surface area contributed by atoms with Crippen LogP contribution in [-0.2, 0) is 7.05 Å². The maximum Gasteiger partial charge on any atom is 0.253 e. The second-order valence-corrected chi connectivity index (χ2v) is 2.89. The number of hydrogen-bond acceptors (Lipinski definition) is 2. The van der Waals surface area contributed by atoms with Crippen LogP contribution in [0.4, 0.5) is 0 Å². The Morgan fingerprint density at radius 1 is 1.77 bits per heavy atom. The second-order valence-electron chi connectivity index (χ2n) is 2.89. The van der Waals surface area contributed by atoms with Crippen molar-refractivity contribution in [1.29, 1.82) is 5.26 Å². The molecule has 1 rings (SSSR count). The van der Waals surface area contributed by atoms with E-state index in [-0.39, 0.29) is 5.91 Å². The predicted octanol–water partition coefficient (Wildman–Crippen LogP) is 0.667. The molecule has 1 atom stereocenters. The maximum absolute atomic E-state index is 11.4. The Bertz CT molecular complexity index is 348. The molecule has 4 heteroatoms. The molecule has 1 aromatic heterocycles. The Labute approximate surface area is 76.8 Å². The Balaban J connectivity index is 2.65. The third-order valence-electron chi connectivity index (χ3n) is 1.64. The molecule has 0 saturated carbocycles. The van der Waals surface area contributed by atoms with Crippen molar-refractivity contribution in [3.05, 3.63) is 24.0 Å². The van der Waals surface area contributed by atoms with E-state index in [1.807, 2.05) is 13.1 Å². The summed E-state index contributed by atoms with van der Waals surface area (Å²) in [6.45, 7) is 1.64. The molecule has 0 radical (unpaired) electrons. The first-order chi connectivity index (χ1) is 6.13. The number of nitrogens with one attached hydrogen (secondary N) is 1. The number of nitrogens with zero attached hydrogens (tertiary/aromatic N) is 2. The van der Waals surface area contributed by atoms with Crippen molar-refractivity contribution < 1.29 is 4.79 Å². The largest absolute Gasteiger partial charge is 0.356 e. The molecule has 0 saturated heterocycles. The van der Waals surface area contributed by atoms with E-state index in [0.29, 0.717) is 5.56 Å². The van der Waals surface area contributed by atoms with Gasteiger partial charge in [0.05, 0.1) is 11.6 Å². The minimum atomic E-state index is -0.451. The van der Waals surface area contributed by atoms with Gasteiger partial charge in [0.15, 0.2) is 0 Å². The molecule has 0 bridgehead atoms. The summed E-state index contributed by atoms with van der Waals surface area (Å²) < 4.78 is 1.78. The zero-order valence-electron chi connectivity index (χ0n) is 7.61. The highest BCUT2D eigenvalue weighted by atomic mass is 16.1. The Hall–Kier alpha value is -1.76. The minimum Gasteiger partial charge on any atom is -0.356 e. The molecule has 1 N–H and O–H groups in total. The summed E-state index contributed by atoms with van der Waals surface area (Å²) in [4.78, 5) is 11.4. The normalized spacial score (nSPS) is 11.8. The standard InChI is InChI=1S/C9H11N3O/c1-7(5-10)11-9(13)8-3-4-12(2)6-8/h3-4,6-7H,1-2H3,(H,11,13)/t7-/m0/s1. The summed E-state index contributed by atoms with van der Waals surface area (Å²) in [5, 5.41) is 11.0. The molecule has 1 aromatic rings. The van der Waals surface area contributed by atoms with Gasteiger partial charge < -0.3 is 9.88 Å². The molecule has 0 aromatic carbocycles. The molecule has 0 aliphatic heterocycles. The summed E-state index contributed by atoms with van der Waals surface area (Å²) in [5.74, 6) is -0.213. The summed E-state index contributed by atoms with van der Waals surface area (Å²) in [7, 11) is 1.84. The SMILES string of the molecule is C[C@@H](C#N)NC(=O)c1ccn(C)c1. The Kier molecular flexibility index (Phi) is 2.70. The van der Waals surface area contributed by atoms with E-state index in [0.717, 1.165) is 0 Å². The van der Waals surface area contributed by atoms with Crippen molar-refractivity contribution in [3.63, 3.8) is 0 Å². The van der Waals surface area contributed by atoms with Gasteiger partial charge in [0.25, 0.3) is 5.91 Å². The van der Waals surface area contributed by atoms with Crippen LogP contribution >= 0.6 is 0 Å². The number of aromatic nitrogens is 1. The monoisotopic (exact) mass is 177 g/mol. The summed E-state index contributed by atoms with van der Waals surface area (Å²) in [6.07, 6.45) is 3.49. The lowest BCUT2D eigenvalue weighted by atomic mass is 10.3. The van der Waals surface area contributed by atoms with Gasteiger partial charge in [-0.15, -0.1) is 0 Å². The van der Waals surface area contributed by atoms with E-state index >= 15 is 0 Å². The molecule has 68 valence electrons. The van der Waals surface area contributed by atoms with Crippen molar-refractivity contribution in [1.82, 2.24) is 9.88 Å². The van der Waals surface area contributed by atoms with Crippen molar-refractivity contribution in [2.45, 2.75) is 13.0 Å². The van der Waals surface area contributed by atoms with Crippen LogP contribution in [0.3, 0.4) is 0 Å². The number of amides is 1. The average Bonchev–Trinajstić information content (AvgIpc) is 2.51. The van der Waals surface area contributed by atoms with Crippen LogP contribution < -0.4 is 5.32 Å². The third-order valence-corrected chi connectivity index (χ3v) is 1.64. The second kappa shape index (κ2) is 3.76. The highest BCUT2D eigenvalue weighted by Crippen LogP contribution is 1.99. The number of rotatable bonds is 2. The van der Waals surface area contributed by atoms with Gasteiger partial charge in [-0.25, -0.2) is 0 Å². The summed E-state index contributed by atoms with van der Waals surface area (Å²) in [5.41, 5.74) is 0.574. The van der Waals surface area contributed by atoms with Gasteiger partial charge in [-0.2, -0.15) is 5.26 Å². The molecule has 0 aliphatic rings. The smallest absolute Gasteiger partial charge is 0.253 e. The van der Waals surface area contributed by atoms with E-state index < -0.39 is 6.04 Å². The maximum atomic E-state index is 11.4. The molecule has 0 unspecified atom stereocenters. The number of carbonyl (C=O) groups excluding carboxylic acids is 1. The molecular weight excluding hydrogens is 166 g/mol. The van der Waals surface area contributed by atoms with Gasteiger partial charge in [-0.1, -0.05) is 0 Å². The molecule has 0 aliphatic carbocycles. The molecule has 0 spiro atoms. The fraction of sp³-hybridized carbons (Fsp3) is 0.333. The van der Waals surface area contributed by atoms with E-state index in [4.69, 9.17) is 5.26 Å². The van der Waals surface area contributed by atoms with Crippen LogP contribution in [0.25, 0.3) is 0 Å². The lowest BCUT2D eigenvalue weighted by molar-refractivity contribution is 0.0948. The van der Waals surface area contributed by atoms with Crippen LogP contribution in [0, 0.1) is 11.3 Å². The lowest BCUT2D eigenvalue weighted by Crippen LogP contribution is -2.30. The highest BCUT2D eigenvalue weighted by molar-refractivity contribution is 5.94. The van der Waals surface area contributed by atoms with Crippen LogP contribution in [0.5, 0.6) is 0 Å². The molecule has 0 fully saturated rings. The van der Waals surface area contributed by atoms with Gasteiger partial charge in [0.1, 0.15) is 6.04 Å². The topological polar surface area (TPSA) is 57.8 Å². The van der Waals surface area contributed by atoms with Crippen molar-refractivity contribution >= 4 is 5.91 Å². The first kappa shape index (κ1) is 9.33. The van der Waals surface area contributed by atoms with Crippen molar-refractivity contribution in [2.24, 2.45) is 7.05 Å². The molecule has 1 amide bonds. The summed E-state index contributed by atoms with van der Waals surface area (Å²) >= 11 is 0. The first-order valence-electron chi connectivity index (χ1n) is 3.96. The van der Waals surface area contributed by atoms with Crippen molar-refractivity contribution in [3.8, 4) is 6.07 Å². The zero-order valence-corrected chi connectivity index (χ0v) is 7.61. The lowest BCUT2D eigenvalue weighted by Gasteiger charge is -2.03. The van der Waals surface area contributed by atoms with Gasteiger partial charge in [-0.3, -0.25) is 4.79 Å². The first-order valence-corrected chi connectivity index (χ1v) is 3.96. The molecule has 4 nitrogen and oxygen atoms in total. The van der Waals surface area contributed by atoms with Gasteiger partial charge in [0, 0.05) is 19.4 Å². The van der Waals surface area contributed by atoms with E-state index in [2.05, 4.69) is 5.32 Å². The van der Waals surface area contributed by atoms with Crippen LogP contribution in [0.1, 0.15) is 17.3 Å². The zero-order chi connectivity index (χ0) is 9.84. The number of nitriles is 1. The minimum absolute atomic E-state index is 0.213. The van der Waals surface area contributed by atoms with E-state index in [1.165, 1.54) is 0 Å². The summed E-state index contributed by atoms with van der Waals surface area (Å²) in [6, 6.07) is 3.19.